The first-order valence-corrected chi connectivity index (χ1v) is 3.82. The van der Waals surface area contributed by atoms with Crippen LogP contribution in [0.25, 0.3) is 5.73 Å². The average Bonchev–Trinajstić information content (AvgIpc) is 1.86. The van der Waals surface area contributed by atoms with Crippen molar-refractivity contribution < 1.29 is 32.7 Å². The van der Waals surface area contributed by atoms with E-state index in [1.165, 1.54) is 5.56 Å². The Labute approximate surface area is 99.6 Å². The molecule has 1 aromatic rings. The molecule has 0 bridgehead atoms. The number of hydrogen-bond acceptors (Lipinski definition) is 0. The van der Waals surface area contributed by atoms with Gasteiger partial charge in [-0.15, -0.1) is 5.69 Å². The van der Waals surface area contributed by atoms with Crippen molar-refractivity contribution in [2.45, 2.75) is 26.2 Å². The Hall–Kier alpha value is 0.124. The molecule has 0 spiro atoms. The quantitative estimate of drug-likeness (QED) is 0.657. The van der Waals surface area contributed by atoms with Crippen molar-refractivity contribution in [1.29, 1.82) is 0 Å². The van der Waals surface area contributed by atoms with Gasteiger partial charge in [-0.25, -0.2) is 0 Å². The zero-order valence-electron chi connectivity index (χ0n) is 7.89. The minimum Gasteiger partial charge on any atom is -0.699 e. The Bertz CT molecular complexity index is 233. The van der Waals surface area contributed by atoms with Crippen LogP contribution in [0, 0.1) is 0 Å². The molecule has 0 atom stereocenters. The van der Waals surface area contributed by atoms with Crippen molar-refractivity contribution in [3.8, 4) is 0 Å². The molecule has 0 saturated heterocycles. The topological polar surface area (TPSA) is 23.8 Å². The first-order valence-electron chi connectivity index (χ1n) is 3.82. The molecule has 0 fully saturated rings. The van der Waals surface area contributed by atoms with Gasteiger partial charge in [-0.3, -0.25) is 0 Å². The van der Waals surface area contributed by atoms with Gasteiger partial charge in [0.05, 0.1) is 0 Å². The van der Waals surface area contributed by atoms with Crippen LogP contribution in [0.5, 0.6) is 0 Å². The van der Waals surface area contributed by atoms with Crippen LogP contribution in [-0.2, 0) is 38.1 Å². The molecule has 0 saturated carbocycles. The fourth-order valence-corrected chi connectivity index (χ4v) is 0.970. The van der Waals surface area contributed by atoms with Crippen molar-refractivity contribution >= 4 is 5.69 Å². The second-order valence-electron chi connectivity index (χ2n) is 3.83. The van der Waals surface area contributed by atoms with E-state index in [4.69, 9.17) is 5.73 Å². The van der Waals surface area contributed by atoms with Crippen LogP contribution in [0.15, 0.2) is 24.3 Å². The molecule has 2 heteroatoms. The Balaban J connectivity index is 0.00000121. The van der Waals surface area contributed by atoms with Gasteiger partial charge in [0.1, 0.15) is 0 Å². The molecule has 0 aliphatic heterocycles. The fourth-order valence-electron chi connectivity index (χ4n) is 0.970. The number of hydrogen-bond donors (Lipinski definition) is 0. The van der Waals surface area contributed by atoms with Crippen LogP contribution in [0.1, 0.15) is 26.3 Å². The van der Waals surface area contributed by atoms with Gasteiger partial charge < -0.3 is 5.73 Å². The standard InChI is InChI=1S/C10H14N.Y/c1-10(2,3)8-4-6-9(11)7-5-8;/h4-7,11H,1-3H3;/q-1;. The van der Waals surface area contributed by atoms with Gasteiger partial charge in [0, 0.05) is 32.7 Å². The summed E-state index contributed by atoms with van der Waals surface area (Å²) in [5.74, 6) is 0. The van der Waals surface area contributed by atoms with Gasteiger partial charge in [-0.2, -0.15) is 0 Å². The first kappa shape index (κ1) is 12.1. The van der Waals surface area contributed by atoms with E-state index in [-0.39, 0.29) is 38.1 Å². The van der Waals surface area contributed by atoms with E-state index in [1.807, 2.05) is 24.3 Å². The van der Waals surface area contributed by atoms with E-state index in [0.717, 1.165) is 0 Å². The molecule has 63 valence electrons. The summed E-state index contributed by atoms with van der Waals surface area (Å²) in [5.41, 5.74) is 9.37. The summed E-state index contributed by atoms with van der Waals surface area (Å²) in [6, 6.07) is 7.70. The van der Waals surface area contributed by atoms with E-state index < -0.39 is 0 Å². The van der Waals surface area contributed by atoms with E-state index in [9.17, 15) is 0 Å². The molecule has 0 unspecified atom stereocenters. The molecule has 0 amide bonds. The SMILES string of the molecule is CC(C)(C)c1ccc([NH-])cc1.[Y]. The van der Waals surface area contributed by atoms with E-state index in [0.29, 0.717) is 5.69 Å². The molecule has 0 aliphatic rings. The molecule has 0 aliphatic carbocycles. The molecular formula is C10H14NY-. The summed E-state index contributed by atoms with van der Waals surface area (Å²) in [7, 11) is 0. The van der Waals surface area contributed by atoms with Crippen LogP contribution in [0.4, 0.5) is 5.69 Å². The van der Waals surface area contributed by atoms with Crippen LogP contribution in [0.2, 0.25) is 0 Å². The third-order valence-corrected chi connectivity index (χ3v) is 1.75. The summed E-state index contributed by atoms with van der Waals surface area (Å²) >= 11 is 0. The van der Waals surface area contributed by atoms with Crippen molar-refractivity contribution in [2.24, 2.45) is 0 Å². The number of nitrogens with one attached hydrogen (secondary N) is 1. The minimum atomic E-state index is 0. The summed E-state index contributed by atoms with van der Waals surface area (Å²) in [6.45, 7) is 6.52. The Morgan fingerprint density at radius 2 is 1.42 bits per heavy atom. The second-order valence-corrected chi connectivity index (χ2v) is 3.83. The summed E-state index contributed by atoms with van der Waals surface area (Å²) in [4.78, 5) is 0. The second kappa shape index (κ2) is 4.39. The maximum Gasteiger partial charge on any atom is 0 e. The average molecular weight is 237 g/mol. The van der Waals surface area contributed by atoms with Gasteiger partial charge in [-0.05, 0) is 11.0 Å². The normalized spacial score (nSPS) is 10.6. The third-order valence-electron chi connectivity index (χ3n) is 1.75. The van der Waals surface area contributed by atoms with Crippen molar-refractivity contribution in [3.05, 3.63) is 35.6 Å². The number of benzene rings is 1. The summed E-state index contributed by atoms with van der Waals surface area (Å²) in [5, 5.41) is 0. The Morgan fingerprint density at radius 3 is 1.75 bits per heavy atom. The van der Waals surface area contributed by atoms with Crippen molar-refractivity contribution in [2.75, 3.05) is 0 Å². The largest absolute Gasteiger partial charge is 0.699 e. The van der Waals surface area contributed by atoms with Gasteiger partial charge >= 0.3 is 0 Å². The smallest absolute Gasteiger partial charge is 0 e. The van der Waals surface area contributed by atoms with Crippen LogP contribution >= 0.6 is 0 Å². The molecule has 1 aromatic carbocycles. The van der Waals surface area contributed by atoms with E-state index in [1.54, 1.807) is 0 Å². The maximum absolute atomic E-state index is 7.30. The van der Waals surface area contributed by atoms with Crippen molar-refractivity contribution in [1.82, 2.24) is 0 Å². The van der Waals surface area contributed by atoms with Gasteiger partial charge in [-0.1, -0.05) is 45.0 Å². The fraction of sp³-hybridized carbons (Fsp3) is 0.400. The first-order chi connectivity index (χ1) is 5.00. The van der Waals surface area contributed by atoms with Gasteiger partial charge in [0.15, 0.2) is 0 Å². The molecule has 1 rings (SSSR count). The molecule has 1 radical (unpaired) electrons. The zero-order valence-corrected chi connectivity index (χ0v) is 10.7. The summed E-state index contributed by atoms with van der Waals surface area (Å²) < 4.78 is 0. The number of rotatable bonds is 0. The van der Waals surface area contributed by atoms with Crippen LogP contribution in [0.3, 0.4) is 0 Å². The van der Waals surface area contributed by atoms with Gasteiger partial charge in [0.25, 0.3) is 0 Å². The molecule has 12 heavy (non-hydrogen) atoms. The zero-order chi connectivity index (χ0) is 8.48. The third kappa shape index (κ3) is 3.24. The predicted octanol–water partition coefficient (Wildman–Crippen LogP) is 3.67. The molecule has 0 aromatic heterocycles. The monoisotopic (exact) mass is 237 g/mol. The van der Waals surface area contributed by atoms with Gasteiger partial charge in [0.2, 0.25) is 0 Å². The Morgan fingerprint density at radius 1 is 1.00 bits per heavy atom. The molecule has 1 N–H and O–H groups in total. The van der Waals surface area contributed by atoms with E-state index in [2.05, 4.69) is 20.8 Å². The van der Waals surface area contributed by atoms with Crippen molar-refractivity contribution in [3.63, 3.8) is 0 Å². The van der Waals surface area contributed by atoms with E-state index >= 15 is 0 Å². The van der Waals surface area contributed by atoms with Crippen LogP contribution < -0.4 is 0 Å². The molecular weight excluding hydrogens is 223 g/mol. The van der Waals surface area contributed by atoms with Crippen LogP contribution in [-0.4, -0.2) is 0 Å². The predicted molar refractivity (Wildman–Crippen MR) is 49.1 cm³/mol. The maximum atomic E-state index is 7.30. The minimum absolute atomic E-state index is 0. The summed E-state index contributed by atoms with van der Waals surface area (Å²) in [6.07, 6.45) is 0. The molecule has 0 heterocycles. The molecule has 1 nitrogen and oxygen atoms in total. The Kier molecular flexibility index (Phi) is 4.43.